The Morgan fingerprint density at radius 3 is 2.48 bits per heavy atom. The zero-order chi connectivity index (χ0) is 19.2. The SMILES string of the molecule is CN(C)c1ccc(CNC(=O)c2cccn(Cc3ccccc3)c2=O)cn1. The van der Waals surface area contributed by atoms with Crippen molar-refractivity contribution in [2.45, 2.75) is 13.1 Å². The van der Waals surface area contributed by atoms with Gasteiger partial charge in [0.2, 0.25) is 0 Å². The quantitative estimate of drug-likeness (QED) is 0.731. The number of nitrogens with one attached hydrogen (secondary N) is 1. The van der Waals surface area contributed by atoms with Gasteiger partial charge < -0.3 is 14.8 Å². The Bertz CT molecular complexity index is 963. The normalized spacial score (nSPS) is 10.4. The molecule has 1 N–H and O–H groups in total. The summed E-state index contributed by atoms with van der Waals surface area (Å²) in [5.41, 5.74) is 1.70. The highest BCUT2D eigenvalue weighted by Crippen LogP contribution is 2.08. The first-order valence-electron chi connectivity index (χ1n) is 8.68. The van der Waals surface area contributed by atoms with E-state index in [4.69, 9.17) is 0 Å². The number of nitrogens with zero attached hydrogens (tertiary/aromatic N) is 3. The molecule has 0 saturated carbocycles. The monoisotopic (exact) mass is 362 g/mol. The Labute approximate surface area is 158 Å². The lowest BCUT2D eigenvalue weighted by Crippen LogP contribution is -2.32. The molecule has 6 heteroatoms. The third-order valence-electron chi connectivity index (χ3n) is 4.18. The van der Waals surface area contributed by atoms with Gasteiger partial charge in [-0.3, -0.25) is 9.59 Å². The molecule has 0 saturated heterocycles. The van der Waals surface area contributed by atoms with Crippen LogP contribution in [0.3, 0.4) is 0 Å². The molecule has 1 aromatic carbocycles. The first-order valence-corrected chi connectivity index (χ1v) is 8.68. The first kappa shape index (κ1) is 18.4. The van der Waals surface area contributed by atoms with E-state index in [1.807, 2.05) is 61.5 Å². The maximum Gasteiger partial charge on any atom is 0.263 e. The maximum atomic E-state index is 12.6. The molecule has 0 fully saturated rings. The van der Waals surface area contributed by atoms with Gasteiger partial charge in [0.05, 0.1) is 6.54 Å². The molecule has 0 spiro atoms. The van der Waals surface area contributed by atoms with Gasteiger partial charge in [-0.2, -0.15) is 0 Å². The van der Waals surface area contributed by atoms with Crippen molar-refractivity contribution in [1.82, 2.24) is 14.9 Å². The predicted molar refractivity (Wildman–Crippen MR) is 106 cm³/mol. The molecule has 0 bridgehead atoms. The molecule has 0 atom stereocenters. The lowest BCUT2D eigenvalue weighted by Gasteiger charge is -2.12. The third kappa shape index (κ3) is 4.61. The van der Waals surface area contributed by atoms with E-state index in [9.17, 15) is 9.59 Å². The fourth-order valence-corrected chi connectivity index (χ4v) is 2.68. The fourth-order valence-electron chi connectivity index (χ4n) is 2.68. The zero-order valence-electron chi connectivity index (χ0n) is 15.4. The van der Waals surface area contributed by atoms with Gasteiger partial charge in [0.15, 0.2) is 0 Å². The lowest BCUT2D eigenvalue weighted by molar-refractivity contribution is 0.0949. The van der Waals surface area contributed by atoms with Crippen molar-refractivity contribution >= 4 is 11.7 Å². The average Bonchev–Trinajstić information content (AvgIpc) is 2.69. The van der Waals surface area contributed by atoms with Gasteiger partial charge in [0, 0.05) is 33.0 Å². The summed E-state index contributed by atoms with van der Waals surface area (Å²) in [6.45, 7) is 0.739. The van der Waals surface area contributed by atoms with Crippen molar-refractivity contribution in [1.29, 1.82) is 0 Å². The van der Waals surface area contributed by atoms with Crippen LogP contribution in [0.15, 0.2) is 71.8 Å². The number of carbonyl (C=O) groups is 1. The Balaban J connectivity index is 1.69. The molecule has 1 amide bonds. The summed E-state index contributed by atoms with van der Waals surface area (Å²) in [6.07, 6.45) is 3.41. The number of pyridine rings is 2. The van der Waals surface area contributed by atoms with Crippen molar-refractivity contribution in [3.63, 3.8) is 0 Å². The van der Waals surface area contributed by atoms with Crippen LogP contribution in [0.1, 0.15) is 21.5 Å². The number of hydrogen-bond acceptors (Lipinski definition) is 4. The molecular formula is C21H22N4O2. The molecule has 3 aromatic rings. The van der Waals surface area contributed by atoms with Crippen molar-refractivity contribution in [2.24, 2.45) is 0 Å². The van der Waals surface area contributed by atoms with Gasteiger partial charge >= 0.3 is 0 Å². The van der Waals surface area contributed by atoms with E-state index in [1.165, 1.54) is 4.57 Å². The van der Waals surface area contributed by atoms with Gasteiger partial charge in [-0.15, -0.1) is 0 Å². The van der Waals surface area contributed by atoms with Gasteiger partial charge in [0.25, 0.3) is 11.5 Å². The molecule has 0 aliphatic heterocycles. The summed E-state index contributed by atoms with van der Waals surface area (Å²) in [5.74, 6) is 0.455. The summed E-state index contributed by atoms with van der Waals surface area (Å²) in [4.78, 5) is 31.3. The van der Waals surface area contributed by atoms with E-state index in [0.29, 0.717) is 13.1 Å². The second kappa shape index (κ2) is 8.31. The van der Waals surface area contributed by atoms with Crippen molar-refractivity contribution in [2.75, 3.05) is 19.0 Å². The van der Waals surface area contributed by atoms with Gasteiger partial charge in [0.1, 0.15) is 11.4 Å². The summed E-state index contributed by atoms with van der Waals surface area (Å²) < 4.78 is 1.54. The summed E-state index contributed by atoms with van der Waals surface area (Å²) >= 11 is 0. The average molecular weight is 362 g/mol. The van der Waals surface area contributed by atoms with Crippen LogP contribution in [-0.2, 0) is 13.1 Å². The Morgan fingerprint density at radius 1 is 1.04 bits per heavy atom. The van der Waals surface area contributed by atoms with Crippen LogP contribution in [0.2, 0.25) is 0 Å². The number of anilines is 1. The lowest BCUT2D eigenvalue weighted by atomic mass is 10.2. The van der Waals surface area contributed by atoms with E-state index >= 15 is 0 Å². The Kier molecular flexibility index (Phi) is 5.66. The topological polar surface area (TPSA) is 67.2 Å². The molecule has 0 aliphatic carbocycles. The number of aromatic nitrogens is 2. The van der Waals surface area contributed by atoms with Crippen molar-refractivity contribution in [3.8, 4) is 0 Å². The molecule has 0 aliphatic rings. The molecule has 0 radical (unpaired) electrons. The summed E-state index contributed by atoms with van der Waals surface area (Å²) in [5, 5.41) is 2.79. The van der Waals surface area contributed by atoms with Gasteiger partial charge in [-0.1, -0.05) is 36.4 Å². The number of rotatable bonds is 6. The van der Waals surface area contributed by atoms with Gasteiger partial charge in [-0.05, 0) is 29.3 Å². The van der Waals surface area contributed by atoms with E-state index in [2.05, 4.69) is 10.3 Å². The number of amides is 1. The highest BCUT2D eigenvalue weighted by atomic mass is 16.2. The van der Waals surface area contributed by atoms with Crippen LogP contribution in [0, 0.1) is 0 Å². The highest BCUT2D eigenvalue weighted by molar-refractivity contribution is 5.93. The predicted octanol–water partition coefficient (Wildman–Crippen LogP) is 2.29. The molecule has 2 aromatic heterocycles. The van der Waals surface area contributed by atoms with Crippen LogP contribution in [-0.4, -0.2) is 29.6 Å². The highest BCUT2D eigenvalue weighted by Gasteiger charge is 2.12. The zero-order valence-corrected chi connectivity index (χ0v) is 15.4. The number of hydrogen-bond donors (Lipinski definition) is 1. The van der Waals surface area contributed by atoms with Crippen molar-refractivity contribution < 1.29 is 4.79 Å². The largest absolute Gasteiger partial charge is 0.363 e. The third-order valence-corrected chi connectivity index (χ3v) is 4.18. The minimum atomic E-state index is -0.390. The molecule has 3 rings (SSSR count). The maximum absolute atomic E-state index is 12.6. The van der Waals surface area contributed by atoms with Crippen LogP contribution in [0.25, 0.3) is 0 Å². The number of carbonyl (C=O) groups excluding carboxylic acids is 1. The summed E-state index contributed by atoms with van der Waals surface area (Å²) in [7, 11) is 3.83. The molecule has 0 unspecified atom stereocenters. The smallest absolute Gasteiger partial charge is 0.263 e. The van der Waals surface area contributed by atoms with Crippen molar-refractivity contribution in [3.05, 3.63) is 94.0 Å². The fraction of sp³-hybridized carbons (Fsp3) is 0.190. The molecule has 6 nitrogen and oxygen atoms in total. The van der Waals surface area contributed by atoms with Crippen LogP contribution < -0.4 is 15.8 Å². The minimum absolute atomic E-state index is 0.131. The Hall–Kier alpha value is -3.41. The van der Waals surface area contributed by atoms with Gasteiger partial charge in [-0.25, -0.2) is 4.98 Å². The van der Waals surface area contributed by atoms with E-state index in [1.54, 1.807) is 24.5 Å². The van der Waals surface area contributed by atoms with E-state index in [-0.39, 0.29) is 17.0 Å². The molecule has 2 heterocycles. The van der Waals surface area contributed by atoms with Crippen LogP contribution >= 0.6 is 0 Å². The van der Waals surface area contributed by atoms with E-state index < -0.39 is 0 Å². The standard InChI is InChI=1S/C21H22N4O2/c1-24(2)19-11-10-17(13-22-19)14-23-20(26)18-9-6-12-25(21(18)27)15-16-7-4-3-5-8-16/h3-13H,14-15H2,1-2H3,(H,23,26). The van der Waals surface area contributed by atoms with Crippen LogP contribution in [0.4, 0.5) is 5.82 Å². The molecular weight excluding hydrogens is 340 g/mol. The number of benzene rings is 1. The molecule has 138 valence electrons. The Morgan fingerprint density at radius 2 is 1.81 bits per heavy atom. The first-order chi connectivity index (χ1) is 13.0. The summed E-state index contributed by atoms with van der Waals surface area (Å²) in [6, 6.07) is 16.7. The minimum Gasteiger partial charge on any atom is -0.363 e. The molecule has 27 heavy (non-hydrogen) atoms. The van der Waals surface area contributed by atoms with Crippen LogP contribution in [0.5, 0.6) is 0 Å². The second-order valence-corrected chi connectivity index (χ2v) is 6.44. The van der Waals surface area contributed by atoms with E-state index in [0.717, 1.165) is 16.9 Å². The second-order valence-electron chi connectivity index (χ2n) is 6.44.